The maximum atomic E-state index is 14.1. The van der Waals surface area contributed by atoms with Crippen molar-refractivity contribution in [3.63, 3.8) is 0 Å². The number of ether oxygens (including phenoxy) is 3. The Kier molecular flexibility index (Phi) is 17.6. The number of nitrogens with zero attached hydrogens (tertiary/aromatic N) is 8. The highest BCUT2D eigenvalue weighted by Gasteiger charge is 2.46. The Morgan fingerprint density at radius 3 is 2.27 bits per heavy atom. The molecule has 18 heteroatoms. The molecule has 0 unspecified atom stereocenters. The summed E-state index contributed by atoms with van der Waals surface area (Å²) in [6.45, 7) is 16.6. The fourth-order valence-electron chi connectivity index (χ4n) is 11.0. The van der Waals surface area contributed by atoms with E-state index in [1.165, 1.54) is 6.42 Å². The summed E-state index contributed by atoms with van der Waals surface area (Å²) in [5.74, 6) is 3.54. The first-order chi connectivity index (χ1) is 38.8. The molecule has 3 aliphatic rings. The van der Waals surface area contributed by atoms with E-state index < -0.39 is 17.7 Å². The quantitative estimate of drug-likeness (QED) is 0.0608. The summed E-state index contributed by atoms with van der Waals surface area (Å²) in [7, 11) is 0. The van der Waals surface area contributed by atoms with Gasteiger partial charge in [0.2, 0.25) is 11.8 Å². The van der Waals surface area contributed by atoms with Gasteiger partial charge in [-0.15, -0.1) is 0 Å². The zero-order valence-corrected chi connectivity index (χ0v) is 46.5. The number of aryl methyl sites for hydroxylation is 1. The number of hydrogen-bond acceptors (Lipinski definition) is 15. The lowest BCUT2D eigenvalue weighted by molar-refractivity contribution is -0.122. The Labute approximate surface area is 468 Å². The van der Waals surface area contributed by atoms with Crippen molar-refractivity contribution in [1.29, 1.82) is 0 Å². The number of hydrogen-bond donors (Lipinski definition) is 3. The van der Waals surface area contributed by atoms with E-state index in [0.717, 1.165) is 112 Å². The molecule has 4 aromatic heterocycles. The van der Waals surface area contributed by atoms with Gasteiger partial charge in [0.1, 0.15) is 53.5 Å². The van der Waals surface area contributed by atoms with Crippen molar-refractivity contribution in [2.75, 3.05) is 62.6 Å². The van der Waals surface area contributed by atoms with Gasteiger partial charge in [-0.25, -0.2) is 19.7 Å². The van der Waals surface area contributed by atoms with Crippen molar-refractivity contribution in [3.8, 4) is 34.1 Å². The van der Waals surface area contributed by atoms with Crippen LogP contribution in [0.1, 0.15) is 106 Å². The molecular formula is C62H73N11O7. The minimum Gasteiger partial charge on any atom is -0.491 e. The molecule has 7 aromatic rings. The zero-order valence-electron chi connectivity index (χ0n) is 46.5. The average Bonchev–Trinajstić information content (AvgIpc) is 4.10. The maximum Gasteiger partial charge on any atom is 0.412 e. The van der Waals surface area contributed by atoms with Crippen LogP contribution in [-0.4, -0.2) is 123 Å². The number of piperazine rings is 1. The highest BCUT2D eigenvalue weighted by Crippen LogP contribution is 2.42. The van der Waals surface area contributed by atoms with Crippen LogP contribution in [0.2, 0.25) is 0 Å². The fourth-order valence-corrected chi connectivity index (χ4v) is 11.0. The van der Waals surface area contributed by atoms with Gasteiger partial charge >= 0.3 is 6.09 Å². The summed E-state index contributed by atoms with van der Waals surface area (Å²) in [5.41, 5.74) is 6.14. The molecule has 18 nitrogen and oxygen atoms in total. The van der Waals surface area contributed by atoms with Crippen molar-refractivity contribution < 1.29 is 33.0 Å². The predicted molar refractivity (Wildman–Crippen MR) is 307 cm³/mol. The van der Waals surface area contributed by atoms with Crippen molar-refractivity contribution in [1.82, 2.24) is 45.4 Å². The molecule has 10 rings (SSSR count). The molecule has 418 valence electrons. The lowest BCUT2D eigenvalue weighted by Crippen LogP contribution is -2.48. The second kappa shape index (κ2) is 25.4. The first-order valence-electron chi connectivity index (χ1n) is 28.2. The number of amides is 3. The highest BCUT2D eigenvalue weighted by atomic mass is 16.6. The Morgan fingerprint density at radius 2 is 1.54 bits per heavy atom. The second-order valence-electron chi connectivity index (χ2n) is 22.1. The standard InChI is InChI=1S/C62H73N11O7/c1-41(66-58(74)45-16-14-43(15-17-45)44-18-20-48(21-19-44)69-61(76)80-62(3,4)5)52-37-57(68-42(2)67-52)73-54-13-7-6-11-46(54)35-55(73)59(75)64-27-8-9-28-71-29-31-72(32-30-71)33-34-77-51-23-22-49(65-39-51)40-78-50-24-25-56-53(36-50)70-60(79-56)47-12-10-26-63-38-47/h10,12,14-26,36-39,41,46,54-55H,6-9,11,13,27-35,40H2,1-5H3,(H,64,75)(H,66,74)(H,69,76)/t41-,46-,54-,55-/m0/s1. The van der Waals surface area contributed by atoms with Crippen LogP contribution >= 0.6 is 0 Å². The van der Waals surface area contributed by atoms with Gasteiger partial charge in [-0.3, -0.25) is 29.8 Å². The molecule has 6 heterocycles. The molecular weight excluding hydrogens is 1010 g/mol. The summed E-state index contributed by atoms with van der Waals surface area (Å²) < 4.78 is 23.4. The highest BCUT2D eigenvalue weighted by molar-refractivity contribution is 5.95. The number of rotatable bonds is 20. The van der Waals surface area contributed by atoms with Crippen molar-refractivity contribution in [3.05, 3.63) is 138 Å². The van der Waals surface area contributed by atoms with Gasteiger partial charge in [-0.1, -0.05) is 37.1 Å². The summed E-state index contributed by atoms with van der Waals surface area (Å²) in [6, 6.07) is 29.6. The normalized spacial score (nSPS) is 18.1. The number of aromatic nitrogens is 5. The lowest BCUT2D eigenvalue weighted by Gasteiger charge is -2.35. The molecule has 1 aliphatic carbocycles. The van der Waals surface area contributed by atoms with E-state index in [9.17, 15) is 14.4 Å². The molecule has 2 saturated heterocycles. The molecule has 0 radical (unpaired) electrons. The molecule has 3 fully saturated rings. The van der Waals surface area contributed by atoms with Crippen LogP contribution in [0.15, 0.2) is 120 Å². The number of carbonyl (C=O) groups excluding carboxylic acids is 3. The molecule has 80 heavy (non-hydrogen) atoms. The third kappa shape index (κ3) is 14.4. The summed E-state index contributed by atoms with van der Waals surface area (Å²) >= 11 is 0. The Morgan fingerprint density at radius 1 is 0.787 bits per heavy atom. The van der Waals surface area contributed by atoms with Crippen LogP contribution in [0, 0.1) is 12.8 Å². The van der Waals surface area contributed by atoms with Crippen molar-refractivity contribution in [2.24, 2.45) is 5.92 Å². The Hall–Kier alpha value is -7.96. The molecule has 0 spiro atoms. The summed E-state index contributed by atoms with van der Waals surface area (Å²) in [6.07, 6.45) is 11.8. The molecule has 3 aromatic carbocycles. The third-order valence-corrected chi connectivity index (χ3v) is 15.1. The Bertz CT molecular complexity index is 3200. The third-order valence-electron chi connectivity index (χ3n) is 15.1. The second-order valence-corrected chi connectivity index (χ2v) is 22.1. The van der Waals surface area contributed by atoms with E-state index in [4.69, 9.17) is 28.6 Å². The Balaban J connectivity index is 0.634. The summed E-state index contributed by atoms with van der Waals surface area (Å²) in [4.78, 5) is 70.2. The number of nitrogens with one attached hydrogen (secondary N) is 3. The summed E-state index contributed by atoms with van der Waals surface area (Å²) in [5, 5.41) is 9.21. The minimum atomic E-state index is -0.591. The van der Waals surface area contributed by atoms with E-state index in [0.29, 0.717) is 71.2 Å². The number of anilines is 2. The topological polar surface area (TPSA) is 202 Å². The van der Waals surface area contributed by atoms with Crippen molar-refractivity contribution in [2.45, 2.75) is 110 Å². The molecule has 4 atom stereocenters. The molecule has 1 saturated carbocycles. The number of pyridine rings is 2. The molecule has 2 aliphatic heterocycles. The van der Waals surface area contributed by atoms with Crippen LogP contribution in [0.3, 0.4) is 0 Å². The predicted octanol–water partition coefficient (Wildman–Crippen LogP) is 10.2. The monoisotopic (exact) mass is 1080 g/mol. The molecule has 3 amide bonds. The van der Waals surface area contributed by atoms with Gasteiger partial charge < -0.3 is 39.1 Å². The van der Waals surface area contributed by atoms with E-state index >= 15 is 0 Å². The average molecular weight is 1080 g/mol. The van der Waals surface area contributed by atoms with Gasteiger partial charge in [0.25, 0.3) is 5.91 Å². The number of fused-ring (bicyclic) bond motifs is 2. The van der Waals surface area contributed by atoms with Gasteiger partial charge in [-0.05, 0) is 151 Å². The van der Waals surface area contributed by atoms with Crippen LogP contribution in [0.4, 0.5) is 16.3 Å². The molecule has 3 N–H and O–H groups in total. The maximum absolute atomic E-state index is 14.1. The number of carbonyl (C=O) groups is 3. The van der Waals surface area contributed by atoms with Crippen molar-refractivity contribution >= 4 is 40.5 Å². The van der Waals surface area contributed by atoms with Gasteiger partial charge in [-0.2, -0.15) is 0 Å². The van der Waals surface area contributed by atoms with E-state index in [1.54, 1.807) is 30.7 Å². The van der Waals surface area contributed by atoms with Gasteiger partial charge in [0.15, 0.2) is 5.58 Å². The zero-order chi connectivity index (χ0) is 55.6. The fraction of sp³-hybridized carbons (Fsp3) is 0.419. The lowest BCUT2D eigenvalue weighted by atomic mass is 9.84. The number of unbranched alkanes of at least 4 members (excludes halogenated alkanes) is 1. The van der Waals surface area contributed by atoms with Crippen LogP contribution in [0.5, 0.6) is 11.5 Å². The van der Waals surface area contributed by atoms with Gasteiger partial charge in [0, 0.05) is 81.1 Å². The van der Waals surface area contributed by atoms with E-state index in [-0.39, 0.29) is 23.9 Å². The van der Waals surface area contributed by atoms with Gasteiger partial charge in [0.05, 0.1) is 29.2 Å². The minimum absolute atomic E-state index is 0.0568. The number of benzene rings is 3. The number of oxazole rings is 1. The molecule has 0 bridgehead atoms. The van der Waals surface area contributed by atoms with E-state index in [2.05, 4.69) is 45.6 Å². The first-order valence-corrected chi connectivity index (χ1v) is 28.2. The largest absolute Gasteiger partial charge is 0.491 e. The SMILES string of the molecule is Cc1nc([C@H](C)NC(=O)c2ccc(-c3ccc(NC(=O)OC(C)(C)C)cc3)cc2)cc(N2[C@H](C(=O)NCCCCN3CCN(CCOc4ccc(COc5ccc6oc(-c7cccnc7)nc6c5)nc4)CC3)C[C@@H]3CCCC[C@@H]32)n1. The van der Waals surface area contributed by atoms with Crippen LogP contribution < -0.4 is 30.3 Å². The van der Waals surface area contributed by atoms with E-state index in [1.807, 2.05) is 120 Å². The smallest absolute Gasteiger partial charge is 0.412 e. The first kappa shape index (κ1) is 55.4. The van der Waals surface area contributed by atoms with Crippen LogP contribution in [-0.2, 0) is 16.1 Å². The van der Waals surface area contributed by atoms with Crippen LogP contribution in [0.25, 0.3) is 33.7 Å².